The summed E-state index contributed by atoms with van der Waals surface area (Å²) in [4.78, 5) is 28.3. The number of amides is 1. The lowest BCUT2D eigenvalue weighted by molar-refractivity contribution is 0.100. The van der Waals surface area contributed by atoms with Gasteiger partial charge >= 0.3 is 0 Å². The minimum atomic E-state index is -0.553. The number of aromatic nitrogens is 2. The molecule has 2 aromatic rings. The Morgan fingerprint density at radius 1 is 1.27 bits per heavy atom. The summed E-state index contributed by atoms with van der Waals surface area (Å²) in [6.45, 7) is 3.68. The molecule has 1 amide bonds. The molecule has 2 heterocycles. The van der Waals surface area contributed by atoms with Crippen molar-refractivity contribution in [3.63, 3.8) is 0 Å². The maximum Gasteiger partial charge on any atom is 0.269 e. The lowest BCUT2D eigenvalue weighted by Gasteiger charge is -2.15. The number of hydrogen-bond acceptors (Lipinski definition) is 4. The van der Waals surface area contributed by atoms with Gasteiger partial charge in [0.15, 0.2) is 5.82 Å². The van der Waals surface area contributed by atoms with Crippen LogP contribution in [0.3, 0.4) is 0 Å². The van der Waals surface area contributed by atoms with Gasteiger partial charge < -0.3 is 5.73 Å². The SMILES string of the molecule is Cc1cc(C)n(Nc2nc3c(cc2C(N)=O)CCC3)c(=O)c1. The Bertz CT molecular complexity index is 824. The number of fused-ring (bicyclic) bond motifs is 1. The molecule has 1 aliphatic rings. The van der Waals surface area contributed by atoms with Gasteiger partial charge in [-0.2, -0.15) is 0 Å². The number of carbonyl (C=O) groups excluding carboxylic acids is 1. The maximum atomic E-state index is 12.1. The monoisotopic (exact) mass is 298 g/mol. The molecule has 0 atom stereocenters. The molecule has 114 valence electrons. The summed E-state index contributed by atoms with van der Waals surface area (Å²) in [6, 6.07) is 5.19. The fourth-order valence-corrected chi connectivity index (χ4v) is 2.86. The quantitative estimate of drug-likeness (QED) is 0.894. The van der Waals surface area contributed by atoms with Crippen LogP contribution in [0.25, 0.3) is 0 Å². The molecule has 6 heteroatoms. The minimum absolute atomic E-state index is 0.199. The first kappa shape index (κ1) is 14.3. The number of nitrogens with two attached hydrogens (primary N) is 1. The number of carbonyl (C=O) groups is 1. The first-order valence-corrected chi connectivity index (χ1v) is 7.25. The lowest BCUT2D eigenvalue weighted by Crippen LogP contribution is -2.30. The maximum absolute atomic E-state index is 12.1. The Kier molecular flexibility index (Phi) is 3.44. The fraction of sp³-hybridized carbons (Fsp3) is 0.312. The van der Waals surface area contributed by atoms with Crippen LogP contribution >= 0.6 is 0 Å². The Balaban J connectivity index is 2.09. The van der Waals surface area contributed by atoms with E-state index in [9.17, 15) is 9.59 Å². The third-order valence-electron chi connectivity index (χ3n) is 3.89. The highest BCUT2D eigenvalue weighted by molar-refractivity contribution is 5.97. The summed E-state index contributed by atoms with van der Waals surface area (Å²) in [6.07, 6.45) is 2.81. The van der Waals surface area contributed by atoms with Crippen molar-refractivity contribution in [2.75, 3.05) is 5.43 Å². The summed E-state index contributed by atoms with van der Waals surface area (Å²) in [5.74, 6) is -0.218. The predicted molar refractivity (Wildman–Crippen MR) is 84.0 cm³/mol. The van der Waals surface area contributed by atoms with Crippen molar-refractivity contribution in [1.29, 1.82) is 0 Å². The van der Waals surface area contributed by atoms with E-state index in [1.165, 1.54) is 10.7 Å². The van der Waals surface area contributed by atoms with Crippen molar-refractivity contribution >= 4 is 11.7 Å². The van der Waals surface area contributed by atoms with E-state index in [-0.39, 0.29) is 5.56 Å². The minimum Gasteiger partial charge on any atom is -0.365 e. The molecular weight excluding hydrogens is 280 g/mol. The molecule has 0 fully saturated rings. The van der Waals surface area contributed by atoms with Gasteiger partial charge in [-0.05, 0) is 56.4 Å². The predicted octanol–water partition coefficient (Wildman–Crippen LogP) is 1.32. The topological polar surface area (TPSA) is 90.0 Å². The molecule has 0 aromatic carbocycles. The molecule has 3 N–H and O–H groups in total. The molecule has 0 saturated heterocycles. The van der Waals surface area contributed by atoms with Crippen LogP contribution in [0.15, 0.2) is 23.0 Å². The summed E-state index contributed by atoms with van der Waals surface area (Å²) in [5.41, 5.74) is 12.2. The third kappa shape index (κ3) is 2.47. The van der Waals surface area contributed by atoms with Gasteiger partial charge in [0.05, 0.1) is 5.56 Å². The van der Waals surface area contributed by atoms with E-state index < -0.39 is 5.91 Å². The fourth-order valence-electron chi connectivity index (χ4n) is 2.86. The van der Waals surface area contributed by atoms with E-state index in [1.807, 2.05) is 19.9 Å². The summed E-state index contributed by atoms with van der Waals surface area (Å²) < 4.78 is 1.38. The van der Waals surface area contributed by atoms with Crippen LogP contribution in [-0.2, 0) is 12.8 Å². The number of aryl methyl sites for hydroxylation is 4. The van der Waals surface area contributed by atoms with E-state index >= 15 is 0 Å². The number of anilines is 1. The number of rotatable bonds is 3. The Morgan fingerprint density at radius 3 is 2.73 bits per heavy atom. The third-order valence-corrected chi connectivity index (χ3v) is 3.89. The van der Waals surface area contributed by atoms with E-state index in [0.29, 0.717) is 11.4 Å². The highest BCUT2D eigenvalue weighted by Crippen LogP contribution is 2.25. The van der Waals surface area contributed by atoms with E-state index in [1.54, 1.807) is 6.07 Å². The van der Waals surface area contributed by atoms with Crippen molar-refractivity contribution in [1.82, 2.24) is 9.66 Å². The summed E-state index contributed by atoms with van der Waals surface area (Å²) in [5, 5.41) is 0. The van der Waals surface area contributed by atoms with Crippen LogP contribution in [0.1, 0.15) is 39.3 Å². The van der Waals surface area contributed by atoms with E-state index in [4.69, 9.17) is 5.73 Å². The number of primary amides is 1. The zero-order chi connectivity index (χ0) is 15.9. The van der Waals surface area contributed by atoms with Crippen LogP contribution < -0.4 is 16.7 Å². The van der Waals surface area contributed by atoms with Crippen molar-refractivity contribution in [3.8, 4) is 0 Å². The lowest BCUT2D eigenvalue weighted by atomic mass is 10.1. The molecule has 6 nitrogen and oxygen atoms in total. The van der Waals surface area contributed by atoms with Crippen LogP contribution in [0, 0.1) is 13.8 Å². The van der Waals surface area contributed by atoms with Crippen molar-refractivity contribution in [2.45, 2.75) is 33.1 Å². The molecule has 3 rings (SSSR count). The molecule has 0 radical (unpaired) electrons. The average molecular weight is 298 g/mol. The molecular formula is C16H18N4O2. The summed E-state index contributed by atoms with van der Waals surface area (Å²) >= 11 is 0. The van der Waals surface area contributed by atoms with Gasteiger partial charge in [-0.25, -0.2) is 9.66 Å². The van der Waals surface area contributed by atoms with Gasteiger partial charge in [-0.3, -0.25) is 15.0 Å². The number of nitrogens with zero attached hydrogens (tertiary/aromatic N) is 2. The van der Waals surface area contributed by atoms with Gasteiger partial charge in [-0.15, -0.1) is 0 Å². The normalized spacial score (nSPS) is 13.0. The standard InChI is InChI=1S/C16H18N4O2/c1-9-6-10(2)20(14(21)7-9)19-16-12(15(17)22)8-11-4-3-5-13(11)18-16/h6-8H,3-5H2,1-2H3,(H2,17,22)(H,18,19). The molecule has 22 heavy (non-hydrogen) atoms. The first-order chi connectivity index (χ1) is 10.5. The van der Waals surface area contributed by atoms with Crippen LogP contribution in [0.5, 0.6) is 0 Å². The van der Waals surface area contributed by atoms with Crippen LogP contribution in [0.4, 0.5) is 5.82 Å². The van der Waals surface area contributed by atoms with Gasteiger partial charge in [0, 0.05) is 17.5 Å². The highest BCUT2D eigenvalue weighted by Gasteiger charge is 2.19. The highest BCUT2D eigenvalue weighted by atomic mass is 16.1. The van der Waals surface area contributed by atoms with Crippen LogP contribution in [0.2, 0.25) is 0 Å². The van der Waals surface area contributed by atoms with Gasteiger partial charge in [-0.1, -0.05) is 0 Å². The number of pyridine rings is 2. The van der Waals surface area contributed by atoms with Crippen molar-refractivity contribution in [3.05, 3.63) is 56.6 Å². The largest absolute Gasteiger partial charge is 0.365 e. The Labute approximate surface area is 128 Å². The van der Waals surface area contributed by atoms with E-state index in [2.05, 4.69) is 10.4 Å². The Hall–Kier alpha value is -2.63. The number of nitrogens with one attached hydrogen (secondary N) is 1. The van der Waals surface area contributed by atoms with Crippen LogP contribution in [-0.4, -0.2) is 15.6 Å². The smallest absolute Gasteiger partial charge is 0.269 e. The second-order valence-corrected chi connectivity index (χ2v) is 5.67. The second kappa shape index (κ2) is 5.29. The number of hydrogen-bond donors (Lipinski definition) is 2. The van der Waals surface area contributed by atoms with Gasteiger partial charge in [0.25, 0.3) is 11.5 Å². The second-order valence-electron chi connectivity index (χ2n) is 5.67. The Morgan fingerprint density at radius 2 is 2.05 bits per heavy atom. The van der Waals surface area contributed by atoms with Gasteiger partial charge in [0.1, 0.15) is 0 Å². The average Bonchev–Trinajstić information content (AvgIpc) is 2.88. The first-order valence-electron chi connectivity index (χ1n) is 7.25. The van der Waals surface area contributed by atoms with E-state index in [0.717, 1.165) is 41.8 Å². The molecule has 0 unspecified atom stereocenters. The van der Waals surface area contributed by atoms with Crippen molar-refractivity contribution < 1.29 is 4.79 Å². The molecule has 0 aliphatic heterocycles. The molecule has 1 aliphatic carbocycles. The van der Waals surface area contributed by atoms with Crippen molar-refractivity contribution in [2.24, 2.45) is 5.73 Å². The van der Waals surface area contributed by atoms with Gasteiger partial charge in [0.2, 0.25) is 0 Å². The zero-order valence-electron chi connectivity index (χ0n) is 12.6. The summed E-state index contributed by atoms with van der Waals surface area (Å²) in [7, 11) is 0. The molecule has 0 saturated carbocycles. The molecule has 0 bridgehead atoms. The molecule has 2 aromatic heterocycles. The molecule has 0 spiro atoms. The zero-order valence-corrected chi connectivity index (χ0v) is 12.6.